The molecule has 0 bridgehead atoms. The fourth-order valence-electron chi connectivity index (χ4n) is 3.79. The summed E-state index contributed by atoms with van der Waals surface area (Å²) in [5, 5.41) is 14.4. The van der Waals surface area contributed by atoms with E-state index in [9.17, 15) is 10.1 Å². The third-order valence-electron chi connectivity index (χ3n) is 5.68. The molecule has 7 nitrogen and oxygen atoms in total. The summed E-state index contributed by atoms with van der Waals surface area (Å²) in [5.74, 6) is 1.59. The van der Waals surface area contributed by atoms with E-state index in [1.165, 1.54) is 4.68 Å². The second kappa shape index (κ2) is 11.6. The van der Waals surface area contributed by atoms with E-state index in [1.807, 2.05) is 42.5 Å². The summed E-state index contributed by atoms with van der Waals surface area (Å²) in [6.45, 7) is 2.27. The second-order valence-electron chi connectivity index (χ2n) is 8.09. The number of nitrogens with zero attached hydrogens (tertiary/aromatic N) is 4. The molecule has 0 unspecified atom stereocenters. The monoisotopic (exact) mass is 544 g/mol. The molecule has 0 aliphatic heterocycles. The van der Waals surface area contributed by atoms with Crippen molar-refractivity contribution in [3.8, 4) is 17.6 Å². The molecule has 0 amide bonds. The quantitative estimate of drug-likeness (QED) is 0.247. The van der Waals surface area contributed by atoms with Crippen LogP contribution in [0, 0.1) is 11.3 Å². The minimum Gasteiger partial charge on any atom is -0.493 e. The lowest BCUT2D eigenvalue weighted by molar-refractivity contribution is 0.284. The molecule has 1 heterocycles. The number of nitriles is 1. The van der Waals surface area contributed by atoms with Gasteiger partial charge in [0.1, 0.15) is 12.4 Å². The molecule has 0 fully saturated rings. The molecule has 0 saturated carbocycles. The number of para-hydroxylation sites is 1. The van der Waals surface area contributed by atoms with E-state index < -0.39 is 0 Å². The molecule has 0 atom stereocenters. The Bertz CT molecular complexity index is 1520. The normalized spacial score (nSPS) is 11.1. The molecule has 0 aliphatic rings. The number of ether oxygens (including phenoxy) is 2. The van der Waals surface area contributed by atoms with Crippen molar-refractivity contribution in [1.82, 2.24) is 9.66 Å². The molecule has 182 valence electrons. The highest BCUT2D eigenvalue weighted by Crippen LogP contribution is 2.31. The van der Waals surface area contributed by atoms with Gasteiger partial charge in [0.25, 0.3) is 5.56 Å². The van der Waals surface area contributed by atoms with Gasteiger partial charge in [0.15, 0.2) is 11.5 Å². The van der Waals surface area contributed by atoms with Crippen LogP contribution < -0.4 is 15.0 Å². The number of benzene rings is 3. The Morgan fingerprint density at radius 3 is 2.78 bits per heavy atom. The summed E-state index contributed by atoms with van der Waals surface area (Å²) in [7, 11) is 1.56. The predicted molar refractivity (Wildman–Crippen MR) is 144 cm³/mol. The van der Waals surface area contributed by atoms with Crippen molar-refractivity contribution >= 4 is 33.0 Å². The minimum absolute atomic E-state index is 0.179. The van der Waals surface area contributed by atoms with Gasteiger partial charge in [0.2, 0.25) is 0 Å². The van der Waals surface area contributed by atoms with E-state index in [0.29, 0.717) is 45.8 Å². The summed E-state index contributed by atoms with van der Waals surface area (Å²) < 4.78 is 13.8. The SMILES string of the molecule is CCCCc1nc2ccc(Br)cc2c(=O)n1N=Cc1cccc(OC)c1OCc1ccccc1C#N. The van der Waals surface area contributed by atoms with E-state index in [1.54, 1.807) is 31.5 Å². The number of methoxy groups -OCH3 is 1. The average Bonchev–Trinajstić information content (AvgIpc) is 2.90. The molecule has 0 aliphatic carbocycles. The van der Waals surface area contributed by atoms with Crippen LogP contribution in [0.5, 0.6) is 11.5 Å². The van der Waals surface area contributed by atoms with Crippen molar-refractivity contribution in [2.75, 3.05) is 7.11 Å². The number of hydrogen-bond acceptors (Lipinski definition) is 6. The molecule has 0 spiro atoms. The summed E-state index contributed by atoms with van der Waals surface area (Å²) in [5.41, 5.74) is 2.34. The minimum atomic E-state index is -0.239. The first-order chi connectivity index (χ1) is 17.5. The standard InChI is InChI=1S/C28H25BrN4O3/c1-3-4-12-26-32-24-14-13-22(29)15-23(24)28(34)33(26)31-17-20-10-7-11-25(35-2)27(20)36-18-21-9-6-5-8-19(21)16-30/h5-11,13-15,17H,3-4,12,18H2,1-2H3. The number of aryl methyl sites for hydroxylation is 1. The predicted octanol–water partition coefficient (Wildman–Crippen LogP) is 5.84. The number of hydrogen-bond donors (Lipinski definition) is 0. The molecule has 3 aromatic carbocycles. The molecule has 4 rings (SSSR count). The van der Waals surface area contributed by atoms with E-state index in [0.717, 1.165) is 22.9 Å². The van der Waals surface area contributed by atoms with E-state index in [4.69, 9.17) is 14.5 Å². The Morgan fingerprint density at radius 1 is 1.17 bits per heavy atom. The zero-order valence-corrected chi connectivity index (χ0v) is 21.7. The van der Waals surface area contributed by atoms with Gasteiger partial charge in [-0.2, -0.15) is 15.0 Å². The van der Waals surface area contributed by atoms with E-state index in [2.05, 4.69) is 34.0 Å². The third kappa shape index (κ3) is 5.47. The first kappa shape index (κ1) is 25.1. The molecule has 8 heteroatoms. The van der Waals surface area contributed by atoms with Crippen LogP contribution in [0.3, 0.4) is 0 Å². The van der Waals surface area contributed by atoms with Crippen LogP contribution in [0.4, 0.5) is 0 Å². The molecule has 0 N–H and O–H groups in total. The molecule has 4 aromatic rings. The molecule has 1 aromatic heterocycles. The van der Waals surface area contributed by atoms with Gasteiger partial charge in [0, 0.05) is 22.0 Å². The van der Waals surface area contributed by atoms with Crippen molar-refractivity contribution < 1.29 is 9.47 Å². The highest BCUT2D eigenvalue weighted by atomic mass is 79.9. The largest absolute Gasteiger partial charge is 0.493 e. The zero-order valence-electron chi connectivity index (χ0n) is 20.1. The summed E-state index contributed by atoms with van der Waals surface area (Å²) in [4.78, 5) is 18.1. The molecule has 0 radical (unpaired) electrons. The fourth-order valence-corrected chi connectivity index (χ4v) is 4.15. The maximum atomic E-state index is 13.4. The number of halogens is 1. The van der Waals surface area contributed by atoms with Crippen LogP contribution in [-0.2, 0) is 13.0 Å². The van der Waals surface area contributed by atoms with Gasteiger partial charge in [-0.3, -0.25) is 4.79 Å². The van der Waals surface area contributed by atoms with Gasteiger partial charge in [-0.25, -0.2) is 4.98 Å². The Morgan fingerprint density at radius 2 is 2.00 bits per heavy atom. The molecule has 0 saturated heterocycles. The fraction of sp³-hybridized carbons (Fsp3) is 0.214. The lowest BCUT2D eigenvalue weighted by atomic mass is 10.1. The van der Waals surface area contributed by atoms with Gasteiger partial charge in [0.05, 0.1) is 35.9 Å². The van der Waals surface area contributed by atoms with Crippen molar-refractivity contribution in [3.05, 3.63) is 98.0 Å². The highest BCUT2D eigenvalue weighted by molar-refractivity contribution is 9.10. The van der Waals surface area contributed by atoms with Crippen molar-refractivity contribution in [2.24, 2.45) is 5.10 Å². The van der Waals surface area contributed by atoms with Crippen molar-refractivity contribution in [3.63, 3.8) is 0 Å². The number of unbranched alkanes of at least 4 members (excludes halogenated alkanes) is 1. The van der Waals surface area contributed by atoms with Crippen LogP contribution in [0.2, 0.25) is 0 Å². The highest BCUT2D eigenvalue weighted by Gasteiger charge is 2.14. The lowest BCUT2D eigenvalue weighted by Crippen LogP contribution is -2.22. The van der Waals surface area contributed by atoms with Crippen LogP contribution in [0.1, 0.15) is 42.3 Å². The number of rotatable bonds is 9. The first-order valence-electron chi connectivity index (χ1n) is 11.6. The van der Waals surface area contributed by atoms with Gasteiger partial charge in [-0.05, 0) is 42.8 Å². The number of aromatic nitrogens is 2. The topological polar surface area (TPSA) is 89.5 Å². The Hall–Kier alpha value is -3.96. The van der Waals surface area contributed by atoms with Gasteiger partial charge >= 0.3 is 0 Å². The van der Waals surface area contributed by atoms with Crippen LogP contribution >= 0.6 is 15.9 Å². The zero-order chi connectivity index (χ0) is 25.5. The summed E-state index contributed by atoms with van der Waals surface area (Å²) in [6, 6.07) is 20.4. The Balaban J connectivity index is 1.75. The number of fused-ring (bicyclic) bond motifs is 1. The van der Waals surface area contributed by atoms with Crippen LogP contribution in [-0.4, -0.2) is 23.0 Å². The van der Waals surface area contributed by atoms with Crippen LogP contribution in [0.25, 0.3) is 10.9 Å². The molecular formula is C28H25BrN4O3. The first-order valence-corrected chi connectivity index (χ1v) is 12.4. The van der Waals surface area contributed by atoms with E-state index >= 15 is 0 Å². The summed E-state index contributed by atoms with van der Waals surface area (Å²) in [6.07, 6.45) is 4.06. The maximum Gasteiger partial charge on any atom is 0.282 e. The van der Waals surface area contributed by atoms with Crippen molar-refractivity contribution in [2.45, 2.75) is 32.8 Å². The van der Waals surface area contributed by atoms with E-state index in [-0.39, 0.29) is 12.2 Å². The van der Waals surface area contributed by atoms with Crippen molar-refractivity contribution in [1.29, 1.82) is 5.26 Å². The van der Waals surface area contributed by atoms with Crippen LogP contribution in [0.15, 0.2) is 75.0 Å². The van der Waals surface area contributed by atoms with Gasteiger partial charge in [-0.15, -0.1) is 0 Å². The second-order valence-corrected chi connectivity index (χ2v) is 9.01. The van der Waals surface area contributed by atoms with Gasteiger partial charge < -0.3 is 9.47 Å². The lowest BCUT2D eigenvalue weighted by Gasteiger charge is -2.14. The molecular weight excluding hydrogens is 520 g/mol. The third-order valence-corrected chi connectivity index (χ3v) is 6.17. The summed E-state index contributed by atoms with van der Waals surface area (Å²) >= 11 is 3.43. The Kier molecular flexibility index (Phi) is 8.13. The average molecular weight is 545 g/mol. The maximum absolute atomic E-state index is 13.4. The smallest absolute Gasteiger partial charge is 0.282 e. The molecule has 36 heavy (non-hydrogen) atoms. The Labute approximate surface area is 217 Å². The van der Waals surface area contributed by atoms with Gasteiger partial charge in [-0.1, -0.05) is 53.5 Å².